The lowest BCUT2D eigenvalue weighted by atomic mass is 9.74. The first-order chi connectivity index (χ1) is 8.20. The van der Waals surface area contributed by atoms with Gasteiger partial charge in [-0.15, -0.1) is 0 Å². The molecule has 2 nitrogen and oxygen atoms in total. The lowest BCUT2D eigenvalue weighted by Gasteiger charge is -2.33. The minimum absolute atomic E-state index is 0.0804. The van der Waals surface area contributed by atoms with E-state index in [1.54, 1.807) is 6.20 Å². The number of fused-ring (bicyclic) bond motifs is 2. The van der Waals surface area contributed by atoms with Gasteiger partial charge in [0.05, 0.1) is 0 Å². The number of pyridine rings is 1. The zero-order valence-electron chi connectivity index (χ0n) is 10.1. The zero-order valence-corrected chi connectivity index (χ0v) is 10.1. The predicted octanol–water partition coefficient (Wildman–Crippen LogP) is 2.48. The van der Waals surface area contributed by atoms with Crippen molar-refractivity contribution >= 4 is 0 Å². The van der Waals surface area contributed by atoms with Crippen LogP contribution in [0.1, 0.15) is 44.2 Å². The van der Waals surface area contributed by atoms with Crippen LogP contribution < -0.4 is 5.73 Å². The van der Waals surface area contributed by atoms with E-state index in [9.17, 15) is 0 Å². The van der Waals surface area contributed by atoms with Crippen LogP contribution in [-0.4, -0.2) is 10.5 Å². The molecular formula is C15H18N2. The van der Waals surface area contributed by atoms with Gasteiger partial charge in [0.2, 0.25) is 0 Å². The smallest absolute Gasteiger partial charge is 0.113 e. The highest BCUT2D eigenvalue weighted by atomic mass is 14.8. The Kier molecular flexibility index (Phi) is 2.45. The van der Waals surface area contributed by atoms with E-state index in [1.807, 2.05) is 18.2 Å². The Balaban J connectivity index is 1.84. The lowest BCUT2D eigenvalue weighted by molar-refractivity contribution is 0.257. The minimum Gasteiger partial charge on any atom is -0.325 e. The Hall–Kier alpha value is -1.33. The van der Waals surface area contributed by atoms with Crippen molar-refractivity contribution in [2.45, 2.75) is 44.1 Å². The molecule has 0 radical (unpaired) electrons. The molecule has 0 aromatic carbocycles. The molecule has 2 saturated carbocycles. The summed E-state index contributed by atoms with van der Waals surface area (Å²) in [7, 11) is 0. The van der Waals surface area contributed by atoms with E-state index < -0.39 is 0 Å². The van der Waals surface area contributed by atoms with Crippen molar-refractivity contribution in [2.24, 2.45) is 11.1 Å². The highest BCUT2D eigenvalue weighted by molar-refractivity contribution is 5.31. The molecule has 2 aliphatic rings. The van der Waals surface area contributed by atoms with Gasteiger partial charge >= 0.3 is 0 Å². The van der Waals surface area contributed by atoms with Gasteiger partial charge in [0.15, 0.2) is 0 Å². The summed E-state index contributed by atoms with van der Waals surface area (Å²) in [6, 6.07) is 5.87. The molecule has 2 aliphatic carbocycles. The Labute approximate surface area is 103 Å². The lowest BCUT2D eigenvalue weighted by Crippen LogP contribution is -2.40. The van der Waals surface area contributed by atoms with Gasteiger partial charge in [-0.3, -0.25) is 0 Å². The second-order valence-corrected chi connectivity index (χ2v) is 5.64. The molecule has 0 aliphatic heterocycles. The highest BCUT2D eigenvalue weighted by Crippen LogP contribution is 2.52. The molecule has 17 heavy (non-hydrogen) atoms. The number of hydrogen-bond acceptors (Lipinski definition) is 2. The molecule has 2 atom stereocenters. The fourth-order valence-corrected chi connectivity index (χ4v) is 3.35. The van der Waals surface area contributed by atoms with Crippen LogP contribution in [0.2, 0.25) is 0 Å². The molecule has 0 spiro atoms. The van der Waals surface area contributed by atoms with Gasteiger partial charge in [0, 0.05) is 17.2 Å². The van der Waals surface area contributed by atoms with Crippen molar-refractivity contribution in [1.82, 2.24) is 4.98 Å². The molecule has 0 amide bonds. The maximum atomic E-state index is 6.37. The SMILES string of the molecule is N[C@]12CCC[C@](C#Cc3ccccn3)(CC1)C2. The standard InChI is InChI=1S/C15H18N2/c16-15-7-3-6-14(12-15,9-10-15)8-5-13-4-1-2-11-17-13/h1-2,4,11H,3,6-7,9-10,12,16H2/t14-,15+/m0/s1. The third-order valence-corrected chi connectivity index (χ3v) is 4.24. The van der Waals surface area contributed by atoms with Gasteiger partial charge in [-0.25, -0.2) is 4.98 Å². The molecule has 1 heterocycles. The molecule has 2 bridgehead atoms. The first-order valence-electron chi connectivity index (χ1n) is 6.43. The van der Waals surface area contributed by atoms with Crippen molar-refractivity contribution in [3.05, 3.63) is 30.1 Å². The van der Waals surface area contributed by atoms with Gasteiger partial charge in [-0.1, -0.05) is 18.4 Å². The molecule has 2 fully saturated rings. The monoisotopic (exact) mass is 226 g/mol. The number of aromatic nitrogens is 1. The van der Waals surface area contributed by atoms with E-state index in [2.05, 4.69) is 16.8 Å². The topological polar surface area (TPSA) is 38.9 Å². The van der Waals surface area contributed by atoms with Crippen LogP contribution in [0.3, 0.4) is 0 Å². The fourth-order valence-electron chi connectivity index (χ4n) is 3.35. The minimum atomic E-state index is 0.0804. The summed E-state index contributed by atoms with van der Waals surface area (Å²) in [4.78, 5) is 4.25. The maximum absolute atomic E-state index is 6.37. The Morgan fingerprint density at radius 3 is 2.94 bits per heavy atom. The Morgan fingerprint density at radius 1 is 1.18 bits per heavy atom. The second-order valence-electron chi connectivity index (χ2n) is 5.64. The van der Waals surface area contributed by atoms with Gasteiger partial charge in [-0.05, 0) is 50.2 Å². The summed E-state index contributed by atoms with van der Waals surface area (Å²) in [6.07, 6.45) is 8.82. The van der Waals surface area contributed by atoms with Crippen molar-refractivity contribution < 1.29 is 0 Å². The molecule has 2 heteroatoms. The molecule has 1 aromatic heterocycles. The van der Waals surface area contributed by atoms with E-state index in [1.165, 1.54) is 25.7 Å². The van der Waals surface area contributed by atoms with E-state index in [4.69, 9.17) is 5.73 Å². The molecule has 1 aromatic rings. The zero-order chi connectivity index (χ0) is 11.8. The summed E-state index contributed by atoms with van der Waals surface area (Å²) in [6.45, 7) is 0. The highest BCUT2D eigenvalue weighted by Gasteiger charge is 2.48. The number of nitrogens with two attached hydrogens (primary N) is 1. The molecule has 2 N–H and O–H groups in total. The van der Waals surface area contributed by atoms with Crippen LogP contribution in [-0.2, 0) is 0 Å². The third-order valence-electron chi connectivity index (χ3n) is 4.24. The second kappa shape index (κ2) is 3.85. The summed E-state index contributed by atoms with van der Waals surface area (Å²) in [5.41, 5.74) is 7.51. The van der Waals surface area contributed by atoms with E-state index >= 15 is 0 Å². The summed E-state index contributed by atoms with van der Waals surface area (Å²) < 4.78 is 0. The quantitative estimate of drug-likeness (QED) is 0.690. The van der Waals surface area contributed by atoms with Crippen molar-refractivity contribution in [2.75, 3.05) is 0 Å². The molecule has 88 valence electrons. The molecule has 0 unspecified atom stereocenters. The van der Waals surface area contributed by atoms with Gasteiger partial charge in [0.25, 0.3) is 0 Å². The van der Waals surface area contributed by atoms with Crippen LogP contribution in [0.5, 0.6) is 0 Å². The fraction of sp³-hybridized carbons (Fsp3) is 0.533. The normalized spacial score (nSPS) is 35.1. The Morgan fingerprint density at radius 2 is 2.12 bits per heavy atom. The summed E-state index contributed by atoms with van der Waals surface area (Å²) >= 11 is 0. The molecule has 3 rings (SSSR count). The Bertz CT molecular complexity index is 471. The third kappa shape index (κ3) is 2.08. The number of rotatable bonds is 0. The van der Waals surface area contributed by atoms with Crippen LogP contribution in [0.25, 0.3) is 0 Å². The predicted molar refractivity (Wildman–Crippen MR) is 68.2 cm³/mol. The van der Waals surface area contributed by atoms with Crippen molar-refractivity contribution in [3.63, 3.8) is 0 Å². The van der Waals surface area contributed by atoms with E-state index in [0.29, 0.717) is 0 Å². The first kappa shape index (κ1) is 10.8. The maximum Gasteiger partial charge on any atom is 0.113 e. The van der Waals surface area contributed by atoms with Crippen LogP contribution >= 0.6 is 0 Å². The van der Waals surface area contributed by atoms with E-state index in [-0.39, 0.29) is 11.0 Å². The van der Waals surface area contributed by atoms with Gasteiger partial charge < -0.3 is 5.73 Å². The molecular weight excluding hydrogens is 208 g/mol. The first-order valence-corrected chi connectivity index (χ1v) is 6.43. The summed E-state index contributed by atoms with van der Waals surface area (Å²) in [5.74, 6) is 6.71. The van der Waals surface area contributed by atoms with Gasteiger partial charge in [-0.2, -0.15) is 0 Å². The number of nitrogens with zero attached hydrogens (tertiary/aromatic N) is 1. The average Bonchev–Trinajstić information content (AvgIpc) is 2.59. The summed E-state index contributed by atoms with van der Waals surface area (Å²) in [5, 5.41) is 0. The molecule has 0 saturated heterocycles. The number of hydrogen-bond donors (Lipinski definition) is 1. The van der Waals surface area contributed by atoms with Gasteiger partial charge in [0.1, 0.15) is 5.69 Å². The van der Waals surface area contributed by atoms with E-state index in [0.717, 1.165) is 18.5 Å². The van der Waals surface area contributed by atoms with Crippen LogP contribution in [0.15, 0.2) is 24.4 Å². The average molecular weight is 226 g/mol. The van der Waals surface area contributed by atoms with Crippen LogP contribution in [0.4, 0.5) is 0 Å². The van der Waals surface area contributed by atoms with Crippen LogP contribution in [0, 0.1) is 17.3 Å². The van der Waals surface area contributed by atoms with Crippen molar-refractivity contribution in [3.8, 4) is 11.8 Å². The largest absolute Gasteiger partial charge is 0.325 e. The van der Waals surface area contributed by atoms with Crippen molar-refractivity contribution in [1.29, 1.82) is 0 Å².